The molecule has 0 unspecified atom stereocenters. The van der Waals surface area contributed by atoms with Gasteiger partial charge in [-0.1, -0.05) is 45.0 Å². The average molecular weight is 343 g/mol. The fourth-order valence-electron chi connectivity index (χ4n) is 2.22. The minimum atomic E-state index is -0.260. The molecule has 0 fully saturated rings. The van der Waals surface area contributed by atoms with E-state index in [1.54, 1.807) is 12.1 Å². The van der Waals surface area contributed by atoms with Gasteiger partial charge < -0.3 is 5.32 Å². The molecule has 126 valence electrons. The summed E-state index contributed by atoms with van der Waals surface area (Å²) in [6.07, 6.45) is 0.713. The fraction of sp³-hybridized carbons (Fsp3) is 0.263. The van der Waals surface area contributed by atoms with Gasteiger partial charge in [-0.05, 0) is 59.9 Å². The monoisotopic (exact) mass is 343 g/mol. The highest BCUT2D eigenvalue weighted by molar-refractivity contribution is 7.80. The highest BCUT2D eigenvalue weighted by Crippen LogP contribution is 2.17. The molecule has 0 aliphatic rings. The van der Waals surface area contributed by atoms with E-state index in [2.05, 4.69) is 41.8 Å². The number of anilines is 1. The van der Waals surface area contributed by atoms with E-state index in [9.17, 15) is 4.39 Å². The first-order valence-corrected chi connectivity index (χ1v) is 8.40. The van der Waals surface area contributed by atoms with Crippen LogP contribution in [0.2, 0.25) is 0 Å². The summed E-state index contributed by atoms with van der Waals surface area (Å²) < 4.78 is 13.0. The molecule has 0 spiro atoms. The van der Waals surface area contributed by atoms with Crippen molar-refractivity contribution in [2.24, 2.45) is 5.10 Å². The molecule has 0 aromatic heterocycles. The Labute approximate surface area is 148 Å². The quantitative estimate of drug-likeness (QED) is 0.453. The van der Waals surface area contributed by atoms with Crippen molar-refractivity contribution in [2.75, 3.05) is 5.32 Å². The maximum absolute atomic E-state index is 13.0. The van der Waals surface area contributed by atoms with Crippen LogP contribution in [0.15, 0.2) is 53.6 Å². The smallest absolute Gasteiger partial charge is 0.191 e. The third-order valence-corrected chi connectivity index (χ3v) is 3.83. The molecule has 0 atom stereocenters. The van der Waals surface area contributed by atoms with E-state index in [1.807, 2.05) is 19.1 Å². The number of hydrogen-bond donors (Lipinski definition) is 2. The summed E-state index contributed by atoms with van der Waals surface area (Å²) in [7, 11) is 0. The molecular formula is C19H22FN3S. The second-order valence-electron chi connectivity index (χ2n) is 5.76. The predicted octanol–water partition coefficient (Wildman–Crippen LogP) is 5.05. The molecule has 0 aliphatic carbocycles. The van der Waals surface area contributed by atoms with Crippen LogP contribution in [0.3, 0.4) is 0 Å². The Morgan fingerprint density at radius 3 is 2.25 bits per heavy atom. The van der Waals surface area contributed by atoms with Gasteiger partial charge in [0, 0.05) is 5.69 Å². The lowest BCUT2D eigenvalue weighted by Crippen LogP contribution is -2.25. The van der Waals surface area contributed by atoms with Gasteiger partial charge in [0.25, 0.3) is 0 Å². The van der Waals surface area contributed by atoms with E-state index in [-0.39, 0.29) is 5.82 Å². The highest BCUT2D eigenvalue weighted by atomic mass is 32.1. The first-order valence-electron chi connectivity index (χ1n) is 7.99. The van der Waals surface area contributed by atoms with Gasteiger partial charge in [0.1, 0.15) is 5.82 Å². The zero-order chi connectivity index (χ0) is 17.5. The van der Waals surface area contributed by atoms with E-state index in [0.717, 1.165) is 17.0 Å². The average Bonchev–Trinajstić information content (AvgIpc) is 2.57. The summed E-state index contributed by atoms with van der Waals surface area (Å²) in [6, 6.07) is 14.4. The van der Waals surface area contributed by atoms with Crippen LogP contribution in [0.4, 0.5) is 10.1 Å². The van der Waals surface area contributed by atoms with Crippen molar-refractivity contribution < 1.29 is 4.39 Å². The molecule has 2 rings (SSSR count). The summed E-state index contributed by atoms with van der Waals surface area (Å²) in [5, 5.41) is 7.84. The van der Waals surface area contributed by atoms with Crippen molar-refractivity contribution in [3.63, 3.8) is 0 Å². The first-order chi connectivity index (χ1) is 11.5. The minimum Gasteiger partial charge on any atom is -0.331 e. The molecule has 0 heterocycles. The van der Waals surface area contributed by atoms with Crippen LogP contribution in [0, 0.1) is 5.82 Å². The number of rotatable bonds is 5. The maximum Gasteiger partial charge on any atom is 0.191 e. The number of benzene rings is 2. The highest BCUT2D eigenvalue weighted by Gasteiger charge is 2.03. The summed E-state index contributed by atoms with van der Waals surface area (Å²) in [6.45, 7) is 6.31. The second-order valence-corrected chi connectivity index (χ2v) is 6.17. The van der Waals surface area contributed by atoms with Gasteiger partial charge in [-0.15, -0.1) is 0 Å². The van der Waals surface area contributed by atoms with E-state index >= 15 is 0 Å². The Bertz CT molecular complexity index is 706. The van der Waals surface area contributed by atoms with Crippen molar-refractivity contribution in [1.29, 1.82) is 0 Å². The molecule has 0 bridgehead atoms. The summed E-state index contributed by atoms with van der Waals surface area (Å²) in [5.74, 6) is 0.237. The predicted molar refractivity (Wildman–Crippen MR) is 103 cm³/mol. The molecule has 0 radical (unpaired) electrons. The second kappa shape index (κ2) is 8.55. The van der Waals surface area contributed by atoms with Crippen LogP contribution in [0.1, 0.15) is 44.2 Å². The molecule has 2 aromatic carbocycles. The molecule has 2 N–H and O–H groups in total. The standard InChI is InChI=1S/C19H22FN3S/c1-4-18(15-5-9-16(20)10-6-15)22-23-19(24)21-17-11-7-14(8-12-17)13(2)3/h5-13H,4H2,1-3H3,(H2,21,23,24)/b22-18-. The van der Waals surface area contributed by atoms with Crippen molar-refractivity contribution in [1.82, 2.24) is 5.43 Å². The number of halogens is 1. The molecule has 0 saturated heterocycles. The molecule has 3 nitrogen and oxygen atoms in total. The number of thiocarbonyl (C=S) groups is 1. The fourth-order valence-corrected chi connectivity index (χ4v) is 2.38. The van der Waals surface area contributed by atoms with Crippen molar-refractivity contribution in [2.45, 2.75) is 33.1 Å². The van der Waals surface area contributed by atoms with Crippen LogP contribution in [0.5, 0.6) is 0 Å². The van der Waals surface area contributed by atoms with E-state index in [4.69, 9.17) is 12.2 Å². The van der Waals surface area contributed by atoms with Crippen molar-refractivity contribution in [3.8, 4) is 0 Å². The zero-order valence-corrected chi connectivity index (χ0v) is 15.0. The molecule has 2 aromatic rings. The van der Waals surface area contributed by atoms with E-state index < -0.39 is 0 Å². The lowest BCUT2D eigenvalue weighted by Gasteiger charge is -2.11. The largest absolute Gasteiger partial charge is 0.331 e. The minimum absolute atomic E-state index is 0.260. The van der Waals surface area contributed by atoms with Gasteiger partial charge in [0.05, 0.1) is 5.71 Å². The lowest BCUT2D eigenvalue weighted by molar-refractivity contribution is 0.627. The van der Waals surface area contributed by atoms with Crippen LogP contribution in [0.25, 0.3) is 0 Å². The van der Waals surface area contributed by atoms with Crippen LogP contribution < -0.4 is 10.7 Å². The van der Waals surface area contributed by atoms with Crippen LogP contribution in [-0.4, -0.2) is 10.8 Å². The maximum atomic E-state index is 13.0. The number of hydrogen-bond acceptors (Lipinski definition) is 2. The summed E-state index contributed by atoms with van der Waals surface area (Å²) in [4.78, 5) is 0. The summed E-state index contributed by atoms with van der Waals surface area (Å²) >= 11 is 5.27. The zero-order valence-electron chi connectivity index (χ0n) is 14.1. The van der Waals surface area contributed by atoms with Crippen molar-refractivity contribution in [3.05, 3.63) is 65.5 Å². The Morgan fingerprint density at radius 1 is 1.08 bits per heavy atom. The third kappa shape index (κ3) is 5.13. The van der Waals surface area contributed by atoms with Gasteiger partial charge in [-0.3, -0.25) is 5.43 Å². The summed E-state index contributed by atoms with van der Waals surface area (Å²) in [5.41, 5.74) is 6.72. The molecule has 0 saturated carbocycles. The van der Waals surface area contributed by atoms with Gasteiger partial charge in [-0.25, -0.2) is 4.39 Å². The molecule has 24 heavy (non-hydrogen) atoms. The Morgan fingerprint density at radius 2 is 1.71 bits per heavy atom. The van der Waals surface area contributed by atoms with Gasteiger partial charge >= 0.3 is 0 Å². The third-order valence-electron chi connectivity index (χ3n) is 3.64. The first kappa shape index (κ1) is 18.1. The number of hydrazone groups is 1. The SMILES string of the molecule is CC/C(=N/NC(=S)Nc1ccc(C(C)C)cc1)c1ccc(F)cc1. The van der Waals surface area contributed by atoms with Crippen molar-refractivity contribution >= 4 is 28.7 Å². The molecule has 5 heteroatoms. The van der Waals surface area contributed by atoms with Crippen LogP contribution >= 0.6 is 12.2 Å². The topological polar surface area (TPSA) is 36.4 Å². The molecule has 0 amide bonds. The van der Waals surface area contributed by atoms with Crippen LogP contribution in [-0.2, 0) is 0 Å². The van der Waals surface area contributed by atoms with E-state index in [1.165, 1.54) is 17.7 Å². The normalized spacial score (nSPS) is 11.5. The molecular weight excluding hydrogens is 321 g/mol. The number of nitrogens with one attached hydrogen (secondary N) is 2. The number of nitrogens with zero attached hydrogens (tertiary/aromatic N) is 1. The van der Waals surface area contributed by atoms with Gasteiger partial charge in [0.2, 0.25) is 0 Å². The van der Waals surface area contributed by atoms with Gasteiger partial charge in [-0.2, -0.15) is 5.10 Å². The lowest BCUT2D eigenvalue weighted by atomic mass is 10.0. The van der Waals surface area contributed by atoms with Gasteiger partial charge in [0.15, 0.2) is 5.11 Å². The Kier molecular flexibility index (Phi) is 6.44. The Balaban J connectivity index is 1.98. The Hall–Kier alpha value is -2.27. The molecule has 0 aliphatic heterocycles. The van der Waals surface area contributed by atoms with E-state index in [0.29, 0.717) is 17.5 Å².